The summed E-state index contributed by atoms with van der Waals surface area (Å²) in [4.78, 5) is 9.29. The van der Waals surface area contributed by atoms with Gasteiger partial charge in [-0.05, 0) is 43.7 Å². The fourth-order valence-electron chi connectivity index (χ4n) is 3.88. The van der Waals surface area contributed by atoms with Crippen molar-refractivity contribution in [3.63, 3.8) is 0 Å². The average molecular weight is 426 g/mol. The molecule has 0 saturated heterocycles. The fraction of sp³-hybridized carbons (Fsp3) is 0.240. The van der Waals surface area contributed by atoms with Crippen molar-refractivity contribution in [3.8, 4) is 34.6 Å². The molecule has 0 saturated carbocycles. The van der Waals surface area contributed by atoms with Gasteiger partial charge in [0.15, 0.2) is 5.54 Å². The van der Waals surface area contributed by atoms with Gasteiger partial charge in [-0.2, -0.15) is 5.26 Å². The highest BCUT2D eigenvalue weighted by Crippen LogP contribution is 2.51. The SMILES string of the molecule is CC(C)(C#N)COc1ccc2c(c1)[C@@]1(COC(N)=N1)c1cc(-c3ccccc3)cnc1O2. The summed E-state index contributed by atoms with van der Waals surface area (Å²) in [5.41, 5.74) is 8.02. The number of aliphatic imine (C=N–C) groups is 1. The van der Waals surface area contributed by atoms with Crippen LogP contribution in [0.2, 0.25) is 0 Å². The normalized spacial score (nSPS) is 18.6. The van der Waals surface area contributed by atoms with Crippen molar-refractivity contribution in [2.24, 2.45) is 16.1 Å². The Labute approximate surface area is 186 Å². The van der Waals surface area contributed by atoms with Crippen LogP contribution in [0.3, 0.4) is 0 Å². The third-order valence-electron chi connectivity index (χ3n) is 5.64. The number of nitrogens with two attached hydrogens (primary N) is 1. The van der Waals surface area contributed by atoms with Crippen molar-refractivity contribution in [3.05, 3.63) is 71.9 Å². The highest BCUT2D eigenvalue weighted by Gasteiger charge is 2.48. The molecular weight excluding hydrogens is 404 g/mol. The summed E-state index contributed by atoms with van der Waals surface area (Å²) in [6.45, 7) is 4.15. The summed E-state index contributed by atoms with van der Waals surface area (Å²) >= 11 is 0. The van der Waals surface area contributed by atoms with E-state index in [1.165, 1.54) is 0 Å². The number of pyridine rings is 1. The second-order valence-electron chi connectivity index (χ2n) is 8.59. The van der Waals surface area contributed by atoms with E-state index in [0.29, 0.717) is 17.4 Å². The Morgan fingerprint density at radius 1 is 1.12 bits per heavy atom. The van der Waals surface area contributed by atoms with Crippen molar-refractivity contribution in [1.29, 1.82) is 5.26 Å². The minimum absolute atomic E-state index is 0.117. The molecule has 1 aromatic heterocycles. The average Bonchev–Trinajstić information content (AvgIpc) is 3.21. The molecule has 0 aliphatic carbocycles. The molecule has 0 radical (unpaired) electrons. The maximum Gasteiger partial charge on any atom is 0.283 e. The second-order valence-corrected chi connectivity index (χ2v) is 8.59. The molecule has 5 rings (SSSR count). The van der Waals surface area contributed by atoms with Crippen molar-refractivity contribution in [1.82, 2.24) is 4.98 Å². The maximum atomic E-state index is 9.28. The topological polar surface area (TPSA) is 103 Å². The Bertz CT molecular complexity index is 1260. The van der Waals surface area contributed by atoms with E-state index >= 15 is 0 Å². The molecule has 1 atom stereocenters. The zero-order valence-electron chi connectivity index (χ0n) is 17.8. The molecule has 0 amide bonds. The van der Waals surface area contributed by atoms with Gasteiger partial charge in [0.2, 0.25) is 5.88 Å². The molecule has 1 spiro atoms. The van der Waals surface area contributed by atoms with E-state index in [1.54, 1.807) is 6.20 Å². The molecule has 2 aliphatic rings. The molecule has 0 bridgehead atoms. The largest absolute Gasteiger partial charge is 0.492 e. The number of hydrogen-bond donors (Lipinski definition) is 1. The molecule has 32 heavy (non-hydrogen) atoms. The zero-order valence-corrected chi connectivity index (χ0v) is 17.8. The van der Waals surface area contributed by atoms with Crippen molar-refractivity contribution in [2.45, 2.75) is 19.4 Å². The molecule has 2 aliphatic heterocycles. The van der Waals surface area contributed by atoms with Crippen LogP contribution in [0.5, 0.6) is 17.4 Å². The quantitative estimate of drug-likeness (QED) is 0.664. The Hall–Kier alpha value is -4.05. The van der Waals surface area contributed by atoms with E-state index < -0.39 is 11.0 Å². The van der Waals surface area contributed by atoms with Crippen LogP contribution in [-0.2, 0) is 10.3 Å². The van der Waals surface area contributed by atoms with Crippen LogP contribution in [0, 0.1) is 16.7 Å². The monoisotopic (exact) mass is 426 g/mol. The second kappa shape index (κ2) is 7.27. The Balaban J connectivity index is 1.61. The first kappa shape index (κ1) is 19.9. The van der Waals surface area contributed by atoms with E-state index in [9.17, 15) is 5.26 Å². The van der Waals surface area contributed by atoms with Crippen LogP contribution in [0.4, 0.5) is 0 Å². The number of rotatable bonds is 4. The lowest BCUT2D eigenvalue weighted by Crippen LogP contribution is -2.31. The standard InChI is InChI=1S/C25H22N4O3/c1-24(2,13-26)14-30-18-8-9-21-19(11-18)25(15-31-23(27)29-25)20-10-17(12-28-22(20)32-21)16-6-4-3-5-7-16/h3-12H,14-15H2,1-2H3,(H2,27,29)/t25-/m0/s1. The third kappa shape index (κ3) is 3.30. The number of nitrogens with zero attached hydrogens (tertiary/aromatic N) is 3. The summed E-state index contributed by atoms with van der Waals surface area (Å²) in [7, 11) is 0. The van der Waals surface area contributed by atoms with E-state index in [1.807, 2.05) is 68.4 Å². The molecular formula is C25H22N4O3. The van der Waals surface area contributed by atoms with Crippen molar-refractivity contribution < 1.29 is 14.2 Å². The lowest BCUT2D eigenvalue weighted by atomic mass is 9.81. The smallest absolute Gasteiger partial charge is 0.283 e. The Kier molecular flexibility index (Phi) is 4.52. The third-order valence-corrected chi connectivity index (χ3v) is 5.64. The van der Waals surface area contributed by atoms with E-state index in [2.05, 4.69) is 11.1 Å². The summed E-state index contributed by atoms with van der Waals surface area (Å²) < 4.78 is 17.7. The van der Waals surface area contributed by atoms with Gasteiger partial charge in [-0.25, -0.2) is 9.98 Å². The highest BCUT2D eigenvalue weighted by atomic mass is 16.5. The summed E-state index contributed by atoms with van der Waals surface area (Å²) in [5.74, 6) is 1.70. The predicted octanol–water partition coefficient (Wildman–Crippen LogP) is 4.37. The molecule has 160 valence electrons. The molecule has 7 nitrogen and oxygen atoms in total. The van der Waals surface area contributed by atoms with Gasteiger partial charge in [0, 0.05) is 17.3 Å². The molecule has 0 fully saturated rings. The number of amidine groups is 1. The van der Waals surface area contributed by atoms with Crippen molar-refractivity contribution >= 4 is 6.02 Å². The van der Waals surface area contributed by atoms with Crippen LogP contribution in [-0.4, -0.2) is 24.2 Å². The summed E-state index contributed by atoms with van der Waals surface area (Å²) in [6.07, 6.45) is 1.79. The van der Waals surface area contributed by atoms with Gasteiger partial charge < -0.3 is 19.9 Å². The molecule has 3 aromatic rings. The van der Waals surface area contributed by atoms with Crippen LogP contribution < -0.4 is 15.2 Å². The number of fused-ring (bicyclic) bond motifs is 4. The molecule has 2 N–H and O–H groups in total. The molecule has 3 heterocycles. The van der Waals surface area contributed by atoms with Gasteiger partial charge in [0.1, 0.15) is 24.7 Å². The first-order valence-corrected chi connectivity index (χ1v) is 10.3. The number of aromatic nitrogens is 1. The van der Waals surface area contributed by atoms with Gasteiger partial charge >= 0.3 is 0 Å². The van der Waals surface area contributed by atoms with E-state index in [4.69, 9.17) is 24.9 Å². The van der Waals surface area contributed by atoms with Gasteiger partial charge in [-0.15, -0.1) is 0 Å². The minimum atomic E-state index is -0.894. The lowest BCUT2D eigenvalue weighted by Gasteiger charge is -2.33. The lowest BCUT2D eigenvalue weighted by molar-refractivity contribution is 0.225. The van der Waals surface area contributed by atoms with Gasteiger partial charge in [-0.3, -0.25) is 0 Å². The number of hydrogen-bond acceptors (Lipinski definition) is 7. The predicted molar refractivity (Wildman–Crippen MR) is 119 cm³/mol. The van der Waals surface area contributed by atoms with E-state index in [0.717, 1.165) is 22.3 Å². The first-order valence-electron chi connectivity index (χ1n) is 10.3. The number of nitriles is 1. The molecule has 7 heteroatoms. The van der Waals surface area contributed by atoms with Crippen LogP contribution >= 0.6 is 0 Å². The van der Waals surface area contributed by atoms with E-state index in [-0.39, 0.29) is 19.2 Å². The zero-order chi connectivity index (χ0) is 22.3. The summed E-state index contributed by atoms with van der Waals surface area (Å²) in [6, 6.07) is 19.9. The highest BCUT2D eigenvalue weighted by molar-refractivity contribution is 5.77. The maximum absolute atomic E-state index is 9.28. The molecule has 2 aromatic carbocycles. The van der Waals surface area contributed by atoms with Crippen LogP contribution in [0.1, 0.15) is 25.0 Å². The minimum Gasteiger partial charge on any atom is -0.492 e. The number of ether oxygens (including phenoxy) is 3. The van der Waals surface area contributed by atoms with Gasteiger partial charge in [0.25, 0.3) is 6.02 Å². The van der Waals surface area contributed by atoms with Gasteiger partial charge in [0.05, 0.1) is 17.0 Å². The van der Waals surface area contributed by atoms with Crippen molar-refractivity contribution in [2.75, 3.05) is 13.2 Å². The fourth-order valence-corrected chi connectivity index (χ4v) is 3.88. The Morgan fingerprint density at radius 3 is 2.66 bits per heavy atom. The number of benzene rings is 2. The molecule has 0 unspecified atom stereocenters. The first-order chi connectivity index (χ1) is 15.4. The van der Waals surface area contributed by atoms with Gasteiger partial charge in [-0.1, -0.05) is 30.3 Å². The van der Waals surface area contributed by atoms with Crippen LogP contribution in [0.15, 0.2) is 65.8 Å². The van der Waals surface area contributed by atoms with Crippen LogP contribution in [0.25, 0.3) is 11.1 Å². The summed E-state index contributed by atoms with van der Waals surface area (Å²) in [5, 5.41) is 9.28. The Morgan fingerprint density at radius 2 is 1.94 bits per heavy atom.